The molecule has 4 rings (SSSR count). The van der Waals surface area contributed by atoms with Gasteiger partial charge < -0.3 is 24.2 Å². The summed E-state index contributed by atoms with van der Waals surface area (Å²) in [6, 6.07) is 10.1. The van der Waals surface area contributed by atoms with Gasteiger partial charge in [-0.1, -0.05) is 13.0 Å². The zero-order valence-electron chi connectivity index (χ0n) is 20.9. The Morgan fingerprint density at radius 2 is 1.89 bits per heavy atom. The first-order valence-corrected chi connectivity index (χ1v) is 13.7. The molecule has 0 spiro atoms. The average molecular weight is 520 g/mol. The van der Waals surface area contributed by atoms with Crippen molar-refractivity contribution < 1.29 is 32.5 Å². The van der Waals surface area contributed by atoms with Crippen LogP contribution in [0.15, 0.2) is 36.4 Å². The Balaban J connectivity index is 1.58. The number of nitrogens with zero attached hydrogens (tertiary/aromatic N) is 2. The van der Waals surface area contributed by atoms with Gasteiger partial charge in [-0.15, -0.1) is 0 Å². The fourth-order valence-corrected chi connectivity index (χ4v) is 5.00. The second-order valence-electron chi connectivity index (χ2n) is 9.59. The molecule has 1 amide bonds. The predicted molar refractivity (Wildman–Crippen MR) is 135 cm³/mol. The van der Waals surface area contributed by atoms with Crippen LogP contribution >= 0.6 is 0 Å². The third-order valence-corrected chi connectivity index (χ3v) is 6.96. The number of benzene rings is 2. The molecule has 0 aliphatic carbocycles. The number of likely N-dealkylation sites (N-methyl/N-ethyl adjacent to an activating group) is 1. The van der Waals surface area contributed by atoms with E-state index in [0.717, 1.165) is 23.3 Å². The van der Waals surface area contributed by atoms with Gasteiger partial charge in [-0.25, -0.2) is 8.42 Å². The molecular formula is C25H33N3O7S. The second kappa shape index (κ2) is 10.5. The molecule has 0 aromatic heterocycles. The summed E-state index contributed by atoms with van der Waals surface area (Å²) in [5.41, 5.74) is 1.59. The number of hydrogen-bond donors (Lipinski definition) is 2. The minimum atomic E-state index is -3.52. The maximum atomic E-state index is 13.4. The van der Waals surface area contributed by atoms with E-state index < -0.39 is 16.1 Å². The van der Waals surface area contributed by atoms with Gasteiger partial charge in [0.25, 0.3) is 5.91 Å². The van der Waals surface area contributed by atoms with E-state index in [0.29, 0.717) is 25.4 Å². The molecule has 2 aromatic carbocycles. The Bertz CT molecular complexity index is 1220. The SMILES string of the molecule is C[C@@H]1CN([C@@H](C)CO)C(=O)c2cc(NS(C)(=O)=O)ccc2O[C@@H]1CN(C)Cc1ccc2c(c1)OCO2. The topological polar surface area (TPSA) is 118 Å². The highest BCUT2D eigenvalue weighted by molar-refractivity contribution is 7.92. The van der Waals surface area contributed by atoms with E-state index in [9.17, 15) is 18.3 Å². The molecular weight excluding hydrogens is 486 g/mol. The summed E-state index contributed by atoms with van der Waals surface area (Å²) < 4.78 is 43.1. The van der Waals surface area contributed by atoms with Gasteiger partial charge in [0.05, 0.1) is 24.5 Å². The summed E-state index contributed by atoms with van der Waals surface area (Å²) in [5.74, 6) is 1.49. The molecule has 3 atom stereocenters. The number of nitrogens with one attached hydrogen (secondary N) is 1. The molecule has 0 bridgehead atoms. The van der Waals surface area contributed by atoms with Crippen LogP contribution < -0.4 is 18.9 Å². The summed E-state index contributed by atoms with van der Waals surface area (Å²) in [5, 5.41) is 9.81. The number of anilines is 1. The Morgan fingerprint density at radius 1 is 1.17 bits per heavy atom. The second-order valence-corrected chi connectivity index (χ2v) is 11.3. The van der Waals surface area contributed by atoms with Crippen LogP contribution in [0.25, 0.3) is 0 Å². The molecule has 0 unspecified atom stereocenters. The van der Waals surface area contributed by atoms with E-state index in [4.69, 9.17) is 14.2 Å². The van der Waals surface area contributed by atoms with Crippen molar-refractivity contribution in [1.29, 1.82) is 0 Å². The highest BCUT2D eigenvalue weighted by Gasteiger charge is 2.33. The summed E-state index contributed by atoms with van der Waals surface area (Å²) in [6.45, 7) is 5.46. The summed E-state index contributed by atoms with van der Waals surface area (Å²) >= 11 is 0. The molecule has 2 aliphatic heterocycles. The quantitative estimate of drug-likeness (QED) is 0.545. The van der Waals surface area contributed by atoms with Gasteiger partial charge in [0.15, 0.2) is 11.5 Å². The first-order valence-electron chi connectivity index (χ1n) is 11.8. The number of amides is 1. The van der Waals surface area contributed by atoms with Gasteiger partial charge in [-0.05, 0) is 49.9 Å². The third-order valence-electron chi connectivity index (χ3n) is 6.35. The molecule has 0 radical (unpaired) electrons. The lowest BCUT2D eigenvalue weighted by Crippen LogP contribution is -2.49. The zero-order chi connectivity index (χ0) is 26.0. The molecule has 0 saturated heterocycles. The van der Waals surface area contributed by atoms with E-state index in [1.807, 2.05) is 32.2 Å². The summed E-state index contributed by atoms with van der Waals surface area (Å²) in [7, 11) is -1.52. The Morgan fingerprint density at radius 3 is 2.61 bits per heavy atom. The highest BCUT2D eigenvalue weighted by Crippen LogP contribution is 2.33. The molecule has 196 valence electrons. The average Bonchev–Trinajstić information content (AvgIpc) is 3.28. The fraction of sp³-hybridized carbons (Fsp3) is 0.480. The lowest BCUT2D eigenvalue weighted by Gasteiger charge is -2.38. The number of ether oxygens (including phenoxy) is 3. The van der Waals surface area contributed by atoms with Crippen LogP contribution in [0.3, 0.4) is 0 Å². The largest absolute Gasteiger partial charge is 0.488 e. The number of aliphatic hydroxyl groups excluding tert-OH is 1. The smallest absolute Gasteiger partial charge is 0.258 e. The van der Waals surface area contributed by atoms with Gasteiger partial charge in [0.2, 0.25) is 16.8 Å². The van der Waals surface area contributed by atoms with E-state index in [1.54, 1.807) is 24.0 Å². The zero-order valence-corrected chi connectivity index (χ0v) is 21.7. The van der Waals surface area contributed by atoms with Crippen LogP contribution in [0.2, 0.25) is 0 Å². The first-order chi connectivity index (χ1) is 17.0. The molecule has 36 heavy (non-hydrogen) atoms. The van der Waals surface area contributed by atoms with Crippen LogP contribution in [-0.2, 0) is 16.6 Å². The molecule has 2 heterocycles. The van der Waals surface area contributed by atoms with Crippen molar-refractivity contribution in [2.24, 2.45) is 5.92 Å². The number of carbonyl (C=O) groups is 1. The standard InChI is InChI=1S/C25H33N3O7S/c1-16-11-28(17(2)14-29)25(30)20-10-19(26-36(4,31)32)6-8-21(20)35-24(16)13-27(3)12-18-5-7-22-23(9-18)34-15-33-22/h5-10,16-17,24,26,29H,11-15H2,1-4H3/t16-,17+,24-/m1/s1. The van der Waals surface area contributed by atoms with Crippen LogP contribution in [0.4, 0.5) is 5.69 Å². The van der Waals surface area contributed by atoms with Crippen LogP contribution in [0.1, 0.15) is 29.8 Å². The predicted octanol–water partition coefficient (Wildman–Crippen LogP) is 2.14. The monoisotopic (exact) mass is 519 g/mol. The van der Waals surface area contributed by atoms with E-state index in [2.05, 4.69) is 9.62 Å². The molecule has 10 nitrogen and oxygen atoms in total. The fourth-order valence-electron chi connectivity index (χ4n) is 4.44. The Kier molecular flexibility index (Phi) is 7.62. The van der Waals surface area contributed by atoms with Crippen molar-refractivity contribution in [2.45, 2.75) is 32.5 Å². The van der Waals surface area contributed by atoms with Crippen molar-refractivity contribution in [3.05, 3.63) is 47.5 Å². The van der Waals surface area contributed by atoms with E-state index in [1.165, 1.54) is 6.07 Å². The van der Waals surface area contributed by atoms with Crippen molar-refractivity contribution in [2.75, 3.05) is 44.5 Å². The number of carbonyl (C=O) groups excluding carboxylic acids is 1. The summed E-state index contributed by atoms with van der Waals surface area (Å²) in [6.07, 6.45) is 0.786. The minimum Gasteiger partial charge on any atom is -0.488 e. The molecule has 0 fully saturated rings. The maximum absolute atomic E-state index is 13.4. The third kappa shape index (κ3) is 6.03. The molecule has 0 saturated carbocycles. The Hall–Kier alpha value is -3.02. The van der Waals surface area contributed by atoms with Crippen LogP contribution in [0, 0.1) is 5.92 Å². The maximum Gasteiger partial charge on any atom is 0.258 e. The minimum absolute atomic E-state index is 0.0378. The van der Waals surface area contributed by atoms with Gasteiger partial charge in [0.1, 0.15) is 11.9 Å². The number of rotatable bonds is 8. The van der Waals surface area contributed by atoms with Crippen molar-refractivity contribution in [3.63, 3.8) is 0 Å². The molecule has 2 aromatic rings. The number of hydrogen-bond acceptors (Lipinski definition) is 8. The first kappa shape index (κ1) is 26.1. The summed E-state index contributed by atoms with van der Waals surface area (Å²) in [4.78, 5) is 17.2. The number of fused-ring (bicyclic) bond motifs is 2. The van der Waals surface area contributed by atoms with Gasteiger partial charge in [-0.2, -0.15) is 0 Å². The van der Waals surface area contributed by atoms with Crippen LogP contribution in [0.5, 0.6) is 17.2 Å². The van der Waals surface area contributed by atoms with E-state index in [-0.39, 0.29) is 42.6 Å². The number of sulfonamides is 1. The number of aliphatic hydroxyl groups is 1. The lowest BCUT2D eigenvalue weighted by molar-refractivity contribution is 0.0341. The van der Waals surface area contributed by atoms with E-state index >= 15 is 0 Å². The molecule has 2 N–H and O–H groups in total. The van der Waals surface area contributed by atoms with Crippen molar-refractivity contribution in [1.82, 2.24) is 9.80 Å². The van der Waals surface area contributed by atoms with Gasteiger partial charge in [-0.3, -0.25) is 14.4 Å². The van der Waals surface area contributed by atoms with Gasteiger partial charge in [0, 0.05) is 31.2 Å². The van der Waals surface area contributed by atoms with Crippen LogP contribution in [-0.4, -0.2) is 81.2 Å². The normalized spacial score (nSPS) is 20.4. The van der Waals surface area contributed by atoms with Gasteiger partial charge >= 0.3 is 0 Å². The lowest BCUT2D eigenvalue weighted by atomic mass is 9.99. The molecule has 11 heteroatoms. The molecule has 2 aliphatic rings. The Labute approximate surface area is 211 Å². The highest BCUT2D eigenvalue weighted by atomic mass is 32.2. The van der Waals surface area contributed by atoms with Crippen molar-refractivity contribution in [3.8, 4) is 17.2 Å². The van der Waals surface area contributed by atoms with Crippen molar-refractivity contribution >= 4 is 21.6 Å².